The maximum absolute atomic E-state index is 11.5. The summed E-state index contributed by atoms with van der Waals surface area (Å²) in [6.07, 6.45) is 3.34. The van der Waals surface area contributed by atoms with Crippen molar-refractivity contribution < 1.29 is 4.79 Å². The summed E-state index contributed by atoms with van der Waals surface area (Å²) in [6, 6.07) is 10.6. The number of hydrogen-bond donors (Lipinski definition) is 1. The molecule has 78 valence electrons. The number of rotatable bonds is 2. The minimum atomic E-state index is 0.223. The number of benzene rings is 1. The molecule has 1 aliphatic heterocycles. The van der Waals surface area contributed by atoms with E-state index in [0.29, 0.717) is 5.92 Å². The third-order valence-electron chi connectivity index (χ3n) is 3.55. The first-order valence-corrected chi connectivity index (χ1v) is 5.69. The summed E-state index contributed by atoms with van der Waals surface area (Å²) in [5.74, 6) is 1.55. The van der Waals surface area contributed by atoms with Gasteiger partial charge < -0.3 is 5.32 Å². The molecule has 2 atom stereocenters. The molecule has 1 aromatic carbocycles. The Kier molecular flexibility index (Phi) is 2.01. The van der Waals surface area contributed by atoms with Crippen LogP contribution in [0.3, 0.4) is 0 Å². The van der Waals surface area contributed by atoms with Crippen LogP contribution in [0.15, 0.2) is 30.3 Å². The van der Waals surface area contributed by atoms with E-state index in [9.17, 15) is 4.79 Å². The molecule has 1 aliphatic carbocycles. The van der Waals surface area contributed by atoms with Crippen LogP contribution in [0.4, 0.5) is 0 Å². The van der Waals surface area contributed by atoms with Crippen LogP contribution in [0.5, 0.6) is 0 Å². The molecule has 1 heterocycles. The average molecular weight is 201 g/mol. The molecule has 1 aromatic rings. The van der Waals surface area contributed by atoms with Gasteiger partial charge in [0.05, 0.1) is 6.04 Å². The van der Waals surface area contributed by atoms with Crippen molar-refractivity contribution in [3.8, 4) is 0 Å². The molecule has 0 radical (unpaired) electrons. The molecule has 3 rings (SSSR count). The fourth-order valence-corrected chi connectivity index (χ4v) is 2.63. The summed E-state index contributed by atoms with van der Waals surface area (Å²) in [4.78, 5) is 11.5. The Balaban J connectivity index is 1.87. The number of amides is 1. The first-order valence-electron chi connectivity index (χ1n) is 5.69. The number of hydrogen-bond acceptors (Lipinski definition) is 1. The van der Waals surface area contributed by atoms with E-state index in [1.807, 2.05) is 18.2 Å². The van der Waals surface area contributed by atoms with E-state index >= 15 is 0 Å². The summed E-state index contributed by atoms with van der Waals surface area (Å²) in [6.45, 7) is 0. The fourth-order valence-electron chi connectivity index (χ4n) is 2.63. The van der Waals surface area contributed by atoms with Gasteiger partial charge in [-0.3, -0.25) is 4.79 Å². The Morgan fingerprint density at radius 3 is 2.53 bits per heavy atom. The largest absolute Gasteiger partial charge is 0.349 e. The molecule has 2 fully saturated rings. The summed E-state index contributed by atoms with van der Waals surface area (Å²) < 4.78 is 0. The monoisotopic (exact) mass is 201 g/mol. The van der Waals surface area contributed by atoms with E-state index in [2.05, 4.69) is 17.4 Å². The number of carbonyl (C=O) groups is 1. The first-order chi connectivity index (χ1) is 7.34. The first kappa shape index (κ1) is 8.96. The van der Waals surface area contributed by atoms with Crippen LogP contribution in [0, 0.1) is 11.8 Å². The lowest BCUT2D eigenvalue weighted by atomic mass is 9.90. The summed E-state index contributed by atoms with van der Waals surface area (Å²) in [5, 5.41) is 3.10. The molecule has 15 heavy (non-hydrogen) atoms. The Morgan fingerprint density at radius 2 is 1.87 bits per heavy atom. The maximum Gasteiger partial charge on any atom is 0.220 e. The van der Waals surface area contributed by atoms with E-state index < -0.39 is 0 Å². The summed E-state index contributed by atoms with van der Waals surface area (Å²) in [5.41, 5.74) is 1.26. The van der Waals surface area contributed by atoms with Gasteiger partial charge in [0, 0.05) is 6.42 Å². The lowest BCUT2D eigenvalue weighted by Crippen LogP contribution is -2.21. The van der Waals surface area contributed by atoms with Gasteiger partial charge in [-0.2, -0.15) is 0 Å². The average Bonchev–Trinajstić information content (AvgIpc) is 3.03. The normalized spacial score (nSPS) is 30.3. The van der Waals surface area contributed by atoms with Crippen molar-refractivity contribution in [2.24, 2.45) is 11.8 Å². The zero-order valence-electron chi connectivity index (χ0n) is 8.65. The summed E-state index contributed by atoms with van der Waals surface area (Å²) in [7, 11) is 0. The van der Waals surface area contributed by atoms with Crippen molar-refractivity contribution in [2.75, 3.05) is 0 Å². The molecule has 2 nitrogen and oxygen atoms in total. The van der Waals surface area contributed by atoms with Gasteiger partial charge in [0.15, 0.2) is 0 Å². The highest BCUT2D eigenvalue weighted by Crippen LogP contribution is 2.47. The van der Waals surface area contributed by atoms with Crippen molar-refractivity contribution in [2.45, 2.75) is 25.3 Å². The van der Waals surface area contributed by atoms with Gasteiger partial charge in [-0.25, -0.2) is 0 Å². The van der Waals surface area contributed by atoms with Crippen LogP contribution in [-0.4, -0.2) is 5.91 Å². The van der Waals surface area contributed by atoms with Crippen LogP contribution in [0.25, 0.3) is 0 Å². The van der Waals surface area contributed by atoms with Crippen LogP contribution in [-0.2, 0) is 4.79 Å². The van der Waals surface area contributed by atoms with Crippen LogP contribution in [0.2, 0.25) is 0 Å². The third kappa shape index (κ3) is 1.65. The lowest BCUT2D eigenvalue weighted by molar-refractivity contribution is -0.119. The minimum absolute atomic E-state index is 0.223. The molecule has 1 N–H and O–H groups in total. The molecule has 2 unspecified atom stereocenters. The highest BCUT2D eigenvalue weighted by atomic mass is 16.2. The van der Waals surface area contributed by atoms with Crippen LogP contribution in [0.1, 0.15) is 30.9 Å². The van der Waals surface area contributed by atoms with Crippen molar-refractivity contribution >= 4 is 5.91 Å². The Bertz CT molecular complexity index is 369. The van der Waals surface area contributed by atoms with Gasteiger partial charge in [0.2, 0.25) is 5.91 Å². The van der Waals surface area contributed by atoms with Gasteiger partial charge in [0.25, 0.3) is 0 Å². The quantitative estimate of drug-likeness (QED) is 0.781. The Labute approximate surface area is 89.7 Å². The highest BCUT2D eigenvalue weighted by molar-refractivity contribution is 5.79. The molecule has 0 aromatic heterocycles. The zero-order chi connectivity index (χ0) is 10.3. The molecular formula is C13H15NO. The van der Waals surface area contributed by atoms with Crippen LogP contribution >= 0.6 is 0 Å². The van der Waals surface area contributed by atoms with Crippen LogP contribution < -0.4 is 5.32 Å². The van der Waals surface area contributed by atoms with Gasteiger partial charge in [-0.05, 0) is 30.2 Å². The van der Waals surface area contributed by atoms with Crippen molar-refractivity contribution in [1.29, 1.82) is 0 Å². The van der Waals surface area contributed by atoms with E-state index in [1.165, 1.54) is 18.4 Å². The molecule has 1 amide bonds. The SMILES string of the molecule is O=C1CC(C2CC2)C(c2ccccc2)N1. The number of nitrogens with one attached hydrogen (secondary N) is 1. The van der Waals surface area contributed by atoms with Crippen molar-refractivity contribution in [3.05, 3.63) is 35.9 Å². The van der Waals surface area contributed by atoms with Crippen molar-refractivity contribution in [1.82, 2.24) is 5.32 Å². The topological polar surface area (TPSA) is 29.1 Å². The molecular weight excluding hydrogens is 186 g/mol. The predicted molar refractivity (Wildman–Crippen MR) is 58.2 cm³/mol. The predicted octanol–water partition coefficient (Wildman–Crippen LogP) is 2.27. The second-order valence-electron chi connectivity index (χ2n) is 4.66. The minimum Gasteiger partial charge on any atom is -0.349 e. The molecule has 0 spiro atoms. The molecule has 2 aliphatic rings. The van der Waals surface area contributed by atoms with E-state index in [0.717, 1.165) is 12.3 Å². The van der Waals surface area contributed by atoms with Gasteiger partial charge in [0.1, 0.15) is 0 Å². The van der Waals surface area contributed by atoms with Gasteiger partial charge in [-0.1, -0.05) is 30.3 Å². The standard InChI is InChI=1S/C13H15NO/c15-12-8-11(9-6-7-9)13(14-12)10-4-2-1-3-5-10/h1-5,9,11,13H,6-8H2,(H,14,15). The molecule has 0 bridgehead atoms. The maximum atomic E-state index is 11.5. The number of carbonyl (C=O) groups excluding carboxylic acids is 1. The fraction of sp³-hybridized carbons (Fsp3) is 0.462. The molecule has 2 heteroatoms. The second-order valence-corrected chi connectivity index (χ2v) is 4.66. The van der Waals surface area contributed by atoms with E-state index in [-0.39, 0.29) is 11.9 Å². The molecule has 1 saturated carbocycles. The van der Waals surface area contributed by atoms with E-state index in [1.54, 1.807) is 0 Å². The third-order valence-corrected chi connectivity index (χ3v) is 3.55. The van der Waals surface area contributed by atoms with Gasteiger partial charge >= 0.3 is 0 Å². The lowest BCUT2D eigenvalue weighted by Gasteiger charge is -2.18. The highest BCUT2D eigenvalue weighted by Gasteiger charge is 2.42. The zero-order valence-corrected chi connectivity index (χ0v) is 8.65. The smallest absolute Gasteiger partial charge is 0.220 e. The Hall–Kier alpha value is -1.31. The Morgan fingerprint density at radius 1 is 1.13 bits per heavy atom. The molecule has 1 saturated heterocycles. The summed E-state index contributed by atoms with van der Waals surface area (Å²) >= 11 is 0. The second kappa shape index (κ2) is 3.37. The van der Waals surface area contributed by atoms with Crippen molar-refractivity contribution in [3.63, 3.8) is 0 Å². The van der Waals surface area contributed by atoms with E-state index in [4.69, 9.17) is 0 Å². The van der Waals surface area contributed by atoms with Gasteiger partial charge in [-0.15, -0.1) is 0 Å².